The Hall–Kier alpha value is -1.58. The van der Waals surface area contributed by atoms with E-state index in [1.165, 1.54) is 0 Å². The molecule has 0 heterocycles. The van der Waals surface area contributed by atoms with Crippen LogP contribution in [0.1, 0.15) is 6.42 Å². The quantitative estimate of drug-likeness (QED) is 0.781. The summed E-state index contributed by atoms with van der Waals surface area (Å²) in [6.45, 7) is 0.0923. The molecule has 15 heavy (non-hydrogen) atoms. The van der Waals surface area contributed by atoms with E-state index in [1.807, 2.05) is 30.3 Å². The molecular weight excluding hydrogens is 197 g/mol. The number of aliphatic carboxylic acids is 1. The fourth-order valence-electron chi connectivity index (χ4n) is 1.34. The highest BCUT2D eigenvalue weighted by Crippen LogP contribution is 2.13. The Morgan fingerprint density at radius 2 is 1.93 bits per heavy atom. The van der Waals surface area contributed by atoms with Crippen LogP contribution in [0.25, 0.3) is 0 Å². The van der Waals surface area contributed by atoms with Crippen molar-refractivity contribution in [2.45, 2.75) is 6.42 Å². The second kappa shape index (κ2) is 6.01. The van der Waals surface area contributed by atoms with E-state index in [9.17, 15) is 9.18 Å². The first-order chi connectivity index (χ1) is 7.24. The van der Waals surface area contributed by atoms with Crippen LogP contribution < -0.4 is 4.90 Å². The molecule has 3 nitrogen and oxygen atoms in total. The monoisotopic (exact) mass is 211 g/mol. The van der Waals surface area contributed by atoms with Gasteiger partial charge in [0.25, 0.3) is 0 Å². The number of alkyl halides is 1. The van der Waals surface area contributed by atoms with E-state index in [0.29, 0.717) is 6.54 Å². The molecule has 0 unspecified atom stereocenters. The average Bonchev–Trinajstić information content (AvgIpc) is 2.25. The summed E-state index contributed by atoms with van der Waals surface area (Å²) in [5.41, 5.74) is 0.858. The lowest BCUT2D eigenvalue weighted by Gasteiger charge is -2.22. The van der Waals surface area contributed by atoms with Crippen molar-refractivity contribution in [2.75, 3.05) is 24.7 Å². The Morgan fingerprint density at radius 1 is 1.27 bits per heavy atom. The van der Waals surface area contributed by atoms with Gasteiger partial charge in [-0.1, -0.05) is 18.2 Å². The minimum absolute atomic E-state index is 0.0227. The molecule has 0 aromatic heterocycles. The minimum Gasteiger partial charge on any atom is -0.481 e. The first-order valence-corrected chi connectivity index (χ1v) is 4.82. The highest BCUT2D eigenvalue weighted by Gasteiger charge is 2.07. The third kappa shape index (κ3) is 3.97. The van der Waals surface area contributed by atoms with Gasteiger partial charge in [0, 0.05) is 18.8 Å². The van der Waals surface area contributed by atoms with Crippen LogP contribution in [0.5, 0.6) is 0 Å². The largest absolute Gasteiger partial charge is 0.481 e. The predicted molar refractivity (Wildman–Crippen MR) is 56.9 cm³/mol. The smallest absolute Gasteiger partial charge is 0.305 e. The maximum atomic E-state index is 12.3. The number of anilines is 1. The van der Waals surface area contributed by atoms with Gasteiger partial charge in [-0.05, 0) is 12.1 Å². The first-order valence-electron chi connectivity index (χ1n) is 4.82. The topological polar surface area (TPSA) is 40.5 Å². The number of hydrogen-bond acceptors (Lipinski definition) is 2. The Morgan fingerprint density at radius 3 is 2.47 bits per heavy atom. The number of rotatable bonds is 6. The second-order valence-corrected chi connectivity index (χ2v) is 3.16. The number of nitrogens with zero attached hydrogens (tertiary/aromatic N) is 1. The van der Waals surface area contributed by atoms with E-state index >= 15 is 0 Å². The van der Waals surface area contributed by atoms with Crippen molar-refractivity contribution >= 4 is 11.7 Å². The molecule has 0 bridgehead atoms. The molecule has 0 atom stereocenters. The molecule has 1 rings (SSSR count). The van der Waals surface area contributed by atoms with Crippen LogP contribution in [-0.4, -0.2) is 30.8 Å². The van der Waals surface area contributed by atoms with Crippen molar-refractivity contribution in [3.63, 3.8) is 0 Å². The van der Waals surface area contributed by atoms with Crippen LogP contribution in [0, 0.1) is 0 Å². The van der Waals surface area contributed by atoms with Crippen LogP contribution in [0.15, 0.2) is 30.3 Å². The maximum Gasteiger partial charge on any atom is 0.305 e. The van der Waals surface area contributed by atoms with Crippen molar-refractivity contribution in [1.82, 2.24) is 0 Å². The fraction of sp³-hybridized carbons (Fsp3) is 0.364. The molecule has 0 saturated heterocycles. The van der Waals surface area contributed by atoms with Crippen LogP contribution in [0.3, 0.4) is 0 Å². The highest BCUT2D eigenvalue weighted by atomic mass is 19.1. The minimum atomic E-state index is -0.866. The molecule has 0 amide bonds. The Labute approximate surface area is 88.1 Å². The van der Waals surface area contributed by atoms with Crippen molar-refractivity contribution in [2.24, 2.45) is 0 Å². The normalized spacial score (nSPS) is 9.93. The molecule has 1 aromatic rings. The Balaban J connectivity index is 2.61. The number of halogens is 1. The zero-order valence-electron chi connectivity index (χ0n) is 8.40. The number of carboxylic acids is 1. The lowest BCUT2D eigenvalue weighted by Crippen LogP contribution is -2.28. The van der Waals surface area contributed by atoms with E-state index in [1.54, 1.807) is 4.90 Å². The van der Waals surface area contributed by atoms with Crippen LogP contribution >= 0.6 is 0 Å². The highest BCUT2D eigenvalue weighted by molar-refractivity contribution is 5.67. The molecule has 0 spiro atoms. The summed E-state index contributed by atoms with van der Waals surface area (Å²) in [5, 5.41) is 8.56. The summed E-state index contributed by atoms with van der Waals surface area (Å²) >= 11 is 0. The van der Waals surface area contributed by atoms with Crippen LogP contribution in [0.2, 0.25) is 0 Å². The van der Waals surface area contributed by atoms with Gasteiger partial charge in [0.1, 0.15) is 6.67 Å². The number of benzene rings is 1. The van der Waals surface area contributed by atoms with Crippen molar-refractivity contribution in [3.8, 4) is 0 Å². The Kier molecular flexibility index (Phi) is 4.60. The summed E-state index contributed by atoms with van der Waals surface area (Å²) in [5.74, 6) is -0.866. The molecule has 4 heteroatoms. The summed E-state index contributed by atoms with van der Waals surface area (Å²) in [6.07, 6.45) is 0.0227. The zero-order chi connectivity index (χ0) is 11.1. The van der Waals surface area contributed by atoms with Crippen molar-refractivity contribution in [3.05, 3.63) is 30.3 Å². The van der Waals surface area contributed by atoms with E-state index in [4.69, 9.17) is 5.11 Å². The molecule has 0 aliphatic carbocycles. The standard InChI is InChI=1S/C11H14FNO2/c12-7-9-13(8-6-11(14)15)10-4-2-1-3-5-10/h1-5H,6-9H2,(H,14,15). The third-order valence-electron chi connectivity index (χ3n) is 2.07. The van der Waals surface area contributed by atoms with E-state index in [-0.39, 0.29) is 13.0 Å². The molecule has 0 fully saturated rings. The summed E-state index contributed by atoms with van der Waals surface area (Å²) in [6, 6.07) is 9.26. The van der Waals surface area contributed by atoms with Gasteiger partial charge in [0.15, 0.2) is 0 Å². The van der Waals surface area contributed by atoms with E-state index in [0.717, 1.165) is 5.69 Å². The number of carbonyl (C=O) groups is 1. The van der Waals surface area contributed by atoms with Gasteiger partial charge in [-0.25, -0.2) is 4.39 Å². The molecule has 0 saturated carbocycles. The lowest BCUT2D eigenvalue weighted by molar-refractivity contribution is -0.136. The average molecular weight is 211 g/mol. The summed E-state index contributed by atoms with van der Waals surface area (Å²) in [4.78, 5) is 12.1. The molecular formula is C11H14FNO2. The molecule has 0 radical (unpaired) electrons. The lowest BCUT2D eigenvalue weighted by atomic mass is 10.2. The maximum absolute atomic E-state index is 12.3. The van der Waals surface area contributed by atoms with Crippen molar-refractivity contribution in [1.29, 1.82) is 0 Å². The second-order valence-electron chi connectivity index (χ2n) is 3.16. The molecule has 0 aliphatic rings. The third-order valence-corrected chi connectivity index (χ3v) is 2.07. The Bertz CT molecular complexity index is 303. The number of para-hydroxylation sites is 1. The van der Waals surface area contributed by atoms with Gasteiger partial charge in [-0.2, -0.15) is 0 Å². The van der Waals surface area contributed by atoms with Gasteiger partial charge < -0.3 is 10.0 Å². The predicted octanol–water partition coefficient (Wildman–Crippen LogP) is 1.94. The van der Waals surface area contributed by atoms with Crippen LogP contribution in [0.4, 0.5) is 10.1 Å². The first kappa shape index (κ1) is 11.5. The van der Waals surface area contributed by atoms with Crippen LogP contribution in [-0.2, 0) is 4.79 Å². The fourth-order valence-corrected chi connectivity index (χ4v) is 1.34. The molecule has 82 valence electrons. The van der Waals surface area contributed by atoms with Gasteiger partial charge in [0.05, 0.1) is 6.42 Å². The van der Waals surface area contributed by atoms with E-state index in [2.05, 4.69) is 0 Å². The number of carboxylic acid groups (broad SMARTS) is 1. The SMILES string of the molecule is O=C(O)CCN(CCF)c1ccccc1. The van der Waals surface area contributed by atoms with Gasteiger partial charge in [0.2, 0.25) is 0 Å². The van der Waals surface area contributed by atoms with Gasteiger partial charge in [-0.3, -0.25) is 4.79 Å². The summed E-state index contributed by atoms with van der Waals surface area (Å²) in [7, 11) is 0. The number of hydrogen-bond donors (Lipinski definition) is 1. The van der Waals surface area contributed by atoms with Gasteiger partial charge >= 0.3 is 5.97 Å². The van der Waals surface area contributed by atoms with E-state index < -0.39 is 12.6 Å². The zero-order valence-corrected chi connectivity index (χ0v) is 8.40. The molecule has 1 N–H and O–H groups in total. The van der Waals surface area contributed by atoms with Gasteiger partial charge in [-0.15, -0.1) is 0 Å². The molecule has 0 aliphatic heterocycles. The van der Waals surface area contributed by atoms with Crippen molar-refractivity contribution < 1.29 is 14.3 Å². The molecule has 1 aromatic carbocycles. The summed E-state index contributed by atoms with van der Waals surface area (Å²) < 4.78 is 12.3.